The predicted molar refractivity (Wildman–Crippen MR) is 228 cm³/mol. The van der Waals surface area contributed by atoms with Gasteiger partial charge in [-0.05, 0) is 37.7 Å². The smallest absolute Gasteiger partial charge is 0.232 e. The first-order valence-corrected chi connectivity index (χ1v) is 18.8. The standard InChI is InChI=1S/C33H58N24/c34-24(35)42-10-4-14-46-28-50-29(47-15-5-11-43-25(36)37)53-32(52-28)56-18-19-57(23(21-56)20-22-8-2-1-3-9-22)33-54-30(48-16-6-12-44-26(38)39)51-31(55-33)49-17-7-13-45-27(40)41/h1-3,8-9,23H,4-7,10-21H2,(H4,34,35,42)(H4,36,37,43)(H4,38,39,44)(H4,40,41,45)(H2,46,47,50,52,53)(H2,48,49,51,54,55). The van der Waals surface area contributed by atoms with Gasteiger partial charge >= 0.3 is 0 Å². The van der Waals surface area contributed by atoms with E-state index < -0.39 is 0 Å². The minimum absolute atomic E-state index is 0.0458. The number of nitrogens with zero attached hydrogens (tertiary/aromatic N) is 12. The van der Waals surface area contributed by atoms with Crippen LogP contribution in [0.3, 0.4) is 0 Å². The van der Waals surface area contributed by atoms with Gasteiger partial charge in [0, 0.05) is 72.0 Å². The Bertz CT molecular complexity index is 1680. The molecule has 1 unspecified atom stereocenters. The molecule has 1 fully saturated rings. The zero-order valence-corrected chi connectivity index (χ0v) is 32.3. The van der Waals surface area contributed by atoms with Gasteiger partial charge in [-0.25, -0.2) is 0 Å². The molecule has 0 spiro atoms. The number of aromatic nitrogens is 6. The van der Waals surface area contributed by atoms with Crippen molar-refractivity contribution in [3.05, 3.63) is 35.9 Å². The fourth-order valence-corrected chi connectivity index (χ4v) is 5.63. The molecular weight excluding hydrogens is 733 g/mol. The summed E-state index contributed by atoms with van der Waals surface area (Å²) >= 11 is 0. The summed E-state index contributed by atoms with van der Waals surface area (Å²) in [5, 5.41) is 13.2. The van der Waals surface area contributed by atoms with E-state index in [9.17, 15) is 0 Å². The van der Waals surface area contributed by atoms with E-state index in [1.807, 2.05) is 18.2 Å². The third-order valence-corrected chi connectivity index (χ3v) is 8.23. The number of anilines is 6. The minimum atomic E-state index is -0.0864. The molecule has 1 aliphatic rings. The number of nitrogens with two attached hydrogens (primary N) is 8. The quantitative estimate of drug-likeness (QED) is 0.0249. The number of aliphatic imine (C=N–C) groups is 4. The number of piperazine rings is 1. The van der Waals surface area contributed by atoms with Gasteiger partial charge in [-0.2, -0.15) is 29.9 Å². The number of hydrogen-bond donors (Lipinski definition) is 12. The summed E-state index contributed by atoms with van der Waals surface area (Å²) in [6.07, 6.45) is 3.38. The lowest BCUT2D eigenvalue weighted by Gasteiger charge is -2.41. The highest BCUT2D eigenvalue weighted by Gasteiger charge is 2.31. The monoisotopic (exact) mass is 791 g/mol. The number of benzene rings is 1. The van der Waals surface area contributed by atoms with Crippen LogP contribution in [0.15, 0.2) is 50.3 Å². The third-order valence-electron chi connectivity index (χ3n) is 8.23. The second-order valence-corrected chi connectivity index (χ2v) is 12.9. The molecule has 0 amide bonds. The summed E-state index contributed by atoms with van der Waals surface area (Å²) in [7, 11) is 0. The highest BCUT2D eigenvalue weighted by molar-refractivity contribution is 5.76. The number of rotatable bonds is 24. The highest BCUT2D eigenvalue weighted by Crippen LogP contribution is 2.25. The zero-order valence-electron chi connectivity index (χ0n) is 32.3. The van der Waals surface area contributed by atoms with Crippen molar-refractivity contribution in [1.29, 1.82) is 0 Å². The molecule has 3 aromatic rings. The van der Waals surface area contributed by atoms with Crippen molar-refractivity contribution in [2.24, 2.45) is 65.8 Å². The molecule has 3 heterocycles. The van der Waals surface area contributed by atoms with Crippen LogP contribution in [-0.4, -0.2) is 132 Å². The molecule has 0 radical (unpaired) electrons. The molecule has 1 atom stereocenters. The van der Waals surface area contributed by atoms with Gasteiger partial charge in [0.05, 0.1) is 6.04 Å². The maximum atomic E-state index is 5.49. The van der Waals surface area contributed by atoms with Gasteiger partial charge in [-0.15, -0.1) is 0 Å². The van der Waals surface area contributed by atoms with E-state index >= 15 is 0 Å². The Balaban J connectivity index is 1.60. The SMILES string of the molecule is NC(N)=NCCCNc1nc(NCCCN=C(N)N)nc(N2CCN(c3nc(NCCCN=C(N)N)nc(NCCCN=C(N)N)n3)C(Cc3ccccc3)C2)n1. The summed E-state index contributed by atoms with van der Waals surface area (Å²) in [4.78, 5) is 49.2. The van der Waals surface area contributed by atoms with Crippen LogP contribution < -0.4 is 76.9 Å². The number of guanidine groups is 4. The van der Waals surface area contributed by atoms with Crippen LogP contribution in [0.25, 0.3) is 0 Å². The highest BCUT2D eigenvalue weighted by atomic mass is 15.4. The lowest BCUT2D eigenvalue weighted by atomic mass is 10.0. The zero-order chi connectivity index (χ0) is 40.8. The molecule has 24 heteroatoms. The summed E-state index contributed by atoms with van der Waals surface area (Å²) in [5.74, 6) is 2.89. The van der Waals surface area contributed by atoms with Crippen LogP contribution in [0.1, 0.15) is 31.2 Å². The van der Waals surface area contributed by atoms with Crippen molar-refractivity contribution in [3.63, 3.8) is 0 Å². The molecule has 20 N–H and O–H groups in total. The van der Waals surface area contributed by atoms with Gasteiger partial charge in [-0.1, -0.05) is 30.3 Å². The molecule has 57 heavy (non-hydrogen) atoms. The van der Waals surface area contributed by atoms with Gasteiger partial charge in [0.25, 0.3) is 0 Å². The van der Waals surface area contributed by atoms with Crippen LogP contribution in [-0.2, 0) is 6.42 Å². The van der Waals surface area contributed by atoms with Crippen LogP contribution in [0.5, 0.6) is 0 Å². The maximum absolute atomic E-state index is 5.49. The van der Waals surface area contributed by atoms with Crippen molar-refractivity contribution < 1.29 is 0 Å². The molecule has 2 aromatic heterocycles. The molecule has 1 aliphatic heterocycles. The summed E-state index contributed by atoms with van der Waals surface area (Å²) < 4.78 is 0. The molecule has 1 aromatic carbocycles. The summed E-state index contributed by atoms with van der Waals surface area (Å²) in [6.45, 7) is 5.72. The Morgan fingerprint density at radius 2 is 0.912 bits per heavy atom. The fraction of sp³-hybridized carbons (Fsp3) is 0.515. The van der Waals surface area contributed by atoms with Gasteiger partial charge in [0.15, 0.2) is 23.8 Å². The van der Waals surface area contributed by atoms with Crippen molar-refractivity contribution in [2.75, 3.05) is 103 Å². The first-order chi connectivity index (χ1) is 27.5. The Labute approximate surface area is 332 Å². The first-order valence-electron chi connectivity index (χ1n) is 18.8. The van der Waals surface area contributed by atoms with Gasteiger partial charge in [-0.3, -0.25) is 20.0 Å². The van der Waals surface area contributed by atoms with E-state index in [0.29, 0.717) is 140 Å². The molecule has 310 valence electrons. The van der Waals surface area contributed by atoms with E-state index in [4.69, 9.17) is 65.8 Å². The lowest BCUT2D eigenvalue weighted by molar-refractivity contribution is 0.502. The summed E-state index contributed by atoms with van der Waals surface area (Å²) in [5.41, 5.74) is 45.1. The van der Waals surface area contributed by atoms with Crippen molar-refractivity contribution in [3.8, 4) is 0 Å². The predicted octanol–water partition coefficient (Wildman–Crippen LogP) is -2.70. The van der Waals surface area contributed by atoms with Crippen LogP contribution >= 0.6 is 0 Å². The first kappa shape index (κ1) is 42.9. The second kappa shape index (κ2) is 23.1. The van der Waals surface area contributed by atoms with E-state index in [-0.39, 0.29) is 29.9 Å². The number of hydrogen-bond acceptors (Lipinski definition) is 16. The van der Waals surface area contributed by atoms with Crippen LogP contribution in [0.4, 0.5) is 35.7 Å². The van der Waals surface area contributed by atoms with Gasteiger partial charge in [0.2, 0.25) is 35.7 Å². The average molecular weight is 791 g/mol. The van der Waals surface area contributed by atoms with E-state index in [2.05, 4.69) is 73.1 Å². The van der Waals surface area contributed by atoms with Gasteiger partial charge in [0.1, 0.15) is 0 Å². The van der Waals surface area contributed by atoms with Crippen LogP contribution in [0, 0.1) is 0 Å². The maximum Gasteiger partial charge on any atom is 0.232 e. The van der Waals surface area contributed by atoms with Crippen molar-refractivity contribution in [2.45, 2.75) is 38.1 Å². The third kappa shape index (κ3) is 16.2. The van der Waals surface area contributed by atoms with Crippen molar-refractivity contribution in [1.82, 2.24) is 29.9 Å². The average Bonchev–Trinajstić information content (AvgIpc) is 3.17. The Morgan fingerprint density at radius 1 is 0.526 bits per heavy atom. The largest absolute Gasteiger partial charge is 0.370 e. The fourth-order valence-electron chi connectivity index (χ4n) is 5.63. The van der Waals surface area contributed by atoms with Crippen molar-refractivity contribution >= 4 is 59.5 Å². The second-order valence-electron chi connectivity index (χ2n) is 12.9. The molecule has 0 saturated carbocycles. The Kier molecular flexibility index (Phi) is 17.4. The lowest BCUT2D eigenvalue weighted by Crippen LogP contribution is -2.55. The molecule has 0 bridgehead atoms. The van der Waals surface area contributed by atoms with E-state index in [1.54, 1.807) is 0 Å². The Morgan fingerprint density at radius 3 is 1.30 bits per heavy atom. The molecule has 1 saturated heterocycles. The molecule has 0 aliphatic carbocycles. The summed E-state index contributed by atoms with van der Waals surface area (Å²) in [6, 6.07) is 10.2. The molecule has 24 nitrogen and oxygen atoms in total. The van der Waals surface area contributed by atoms with E-state index in [1.165, 1.54) is 0 Å². The van der Waals surface area contributed by atoms with Crippen LogP contribution in [0.2, 0.25) is 0 Å². The normalized spacial score (nSPS) is 13.6. The molecule has 4 rings (SSSR count). The molecular formula is C33H58N24. The topological polar surface area (TPSA) is 390 Å². The van der Waals surface area contributed by atoms with E-state index in [0.717, 1.165) is 5.56 Å². The number of nitrogens with one attached hydrogen (secondary N) is 4. The minimum Gasteiger partial charge on any atom is -0.370 e. The Hall–Kier alpha value is -6.88. The van der Waals surface area contributed by atoms with Gasteiger partial charge < -0.3 is 76.9 Å².